The highest BCUT2D eigenvalue weighted by Gasteiger charge is 2.16. The van der Waals surface area contributed by atoms with Gasteiger partial charge >= 0.3 is 5.97 Å². The number of aliphatic carboxylic acids is 1. The van der Waals surface area contributed by atoms with E-state index in [1.807, 2.05) is 60.7 Å². The zero-order valence-electron chi connectivity index (χ0n) is 15.6. The molecule has 3 aromatic rings. The molecular weight excluding hydrogens is 364 g/mol. The number of hydrogen-bond acceptors (Lipinski definition) is 3. The third-order valence-corrected chi connectivity index (χ3v) is 4.20. The predicted molar refractivity (Wildman–Crippen MR) is 113 cm³/mol. The number of carbonyl (C=O) groups is 1. The lowest BCUT2D eigenvalue weighted by Crippen LogP contribution is -2.35. The summed E-state index contributed by atoms with van der Waals surface area (Å²) >= 11 is 0. The third kappa shape index (κ3) is 5.68. The van der Waals surface area contributed by atoms with Crippen molar-refractivity contribution in [2.75, 3.05) is 11.9 Å². The highest BCUT2D eigenvalue weighted by molar-refractivity contribution is 5.95. The molecule has 0 saturated carbocycles. The topological polar surface area (TPSA) is 97.5 Å². The summed E-state index contributed by atoms with van der Waals surface area (Å²) < 4.78 is 0. The van der Waals surface area contributed by atoms with Gasteiger partial charge in [-0.15, -0.1) is 0 Å². The Morgan fingerprint density at radius 2 is 1.48 bits per heavy atom. The normalized spacial score (nSPS) is 11.0. The van der Waals surface area contributed by atoms with Crippen molar-refractivity contribution in [3.05, 3.63) is 102 Å². The molecular formula is C23H20N4O2. The van der Waals surface area contributed by atoms with Crippen LogP contribution in [0.1, 0.15) is 22.7 Å². The van der Waals surface area contributed by atoms with Gasteiger partial charge < -0.3 is 15.7 Å². The minimum atomic E-state index is -1.03. The number of aliphatic imine (C=N–C) groups is 1. The molecule has 0 atom stereocenters. The van der Waals surface area contributed by atoms with Crippen LogP contribution in [0.2, 0.25) is 0 Å². The summed E-state index contributed by atoms with van der Waals surface area (Å²) in [6, 6.07) is 28.4. The van der Waals surface area contributed by atoms with Crippen LogP contribution in [0.3, 0.4) is 0 Å². The van der Waals surface area contributed by atoms with Gasteiger partial charge in [-0.3, -0.25) is 4.79 Å². The molecule has 6 heteroatoms. The summed E-state index contributed by atoms with van der Waals surface area (Å²) in [7, 11) is 0. The zero-order chi connectivity index (χ0) is 20.5. The highest BCUT2D eigenvalue weighted by Crippen LogP contribution is 2.22. The minimum Gasteiger partial charge on any atom is -0.480 e. The molecule has 0 heterocycles. The van der Waals surface area contributed by atoms with Crippen molar-refractivity contribution >= 4 is 17.6 Å². The van der Waals surface area contributed by atoms with Gasteiger partial charge in [0.05, 0.1) is 17.7 Å². The molecule has 0 aliphatic rings. The molecule has 29 heavy (non-hydrogen) atoms. The van der Waals surface area contributed by atoms with Crippen molar-refractivity contribution in [2.24, 2.45) is 4.99 Å². The fraction of sp³-hybridized carbons (Fsp3) is 0.0870. The van der Waals surface area contributed by atoms with Gasteiger partial charge in [-0.1, -0.05) is 60.7 Å². The van der Waals surface area contributed by atoms with Gasteiger partial charge in [-0.2, -0.15) is 5.26 Å². The van der Waals surface area contributed by atoms with E-state index in [1.54, 1.807) is 24.3 Å². The van der Waals surface area contributed by atoms with Crippen molar-refractivity contribution < 1.29 is 9.90 Å². The lowest BCUT2D eigenvalue weighted by molar-refractivity contribution is -0.135. The van der Waals surface area contributed by atoms with Gasteiger partial charge in [-0.05, 0) is 35.4 Å². The number of nitrogens with one attached hydrogen (secondary N) is 2. The minimum absolute atomic E-state index is 0.226. The second kappa shape index (κ2) is 9.72. The van der Waals surface area contributed by atoms with Crippen LogP contribution in [0.4, 0.5) is 5.69 Å². The molecule has 3 N–H and O–H groups in total. The summed E-state index contributed by atoms with van der Waals surface area (Å²) in [4.78, 5) is 15.2. The number of anilines is 1. The Balaban J connectivity index is 1.91. The smallest absolute Gasteiger partial charge is 0.325 e. The Morgan fingerprint density at radius 1 is 0.931 bits per heavy atom. The zero-order valence-corrected chi connectivity index (χ0v) is 15.6. The Labute approximate surface area is 169 Å². The van der Waals surface area contributed by atoms with Crippen molar-refractivity contribution in [3.63, 3.8) is 0 Å². The largest absolute Gasteiger partial charge is 0.480 e. The molecule has 0 radical (unpaired) electrons. The van der Waals surface area contributed by atoms with Crippen LogP contribution in [-0.4, -0.2) is 23.6 Å². The quantitative estimate of drug-likeness (QED) is 0.444. The maximum absolute atomic E-state index is 11.1. The first-order valence-corrected chi connectivity index (χ1v) is 9.05. The Hall–Kier alpha value is -4.11. The van der Waals surface area contributed by atoms with Gasteiger partial charge in [0.25, 0.3) is 0 Å². The van der Waals surface area contributed by atoms with Gasteiger partial charge in [-0.25, -0.2) is 4.99 Å². The number of nitrogens with zero attached hydrogens (tertiary/aromatic N) is 2. The van der Waals surface area contributed by atoms with E-state index in [4.69, 9.17) is 10.4 Å². The van der Waals surface area contributed by atoms with Gasteiger partial charge in [0.1, 0.15) is 6.54 Å². The van der Waals surface area contributed by atoms with Crippen LogP contribution < -0.4 is 10.6 Å². The molecule has 0 aromatic heterocycles. The summed E-state index contributed by atoms with van der Waals surface area (Å²) in [5, 5.41) is 24.5. The first-order chi connectivity index (χ1) is 14.2. The second-order valence-corrected chi connectivity index (χ2v) is 6.27. The summed E-state index contributed by atoms with van der Waals surface area (Å²) in [6.45, 7) is -0.373. The number of carboxylic acid groups (broad SMARTS) is 1. The lowest BCUT2D eigenvalue weighted by Gasteiger charge is -2.23. The SMILES string of the molecule is N#Cc1ccc(NC(=NCC(=O)O)NC(c2ccccc2)c2ccccc2)cc1. The van der Waals surface area contributed by atoms with Crippen LogP contribution in [-0.2, 0) is 4.79 Å². The van der Waals surface area contributed by atoms with Crippen LogP contribution in [0.15, 0.2) is 89.9 Å². The maximum Gasteiger partial charge on any atom is 0.325 e. The van der Waals surface area contributed by atoms with Crippen LogP contribution in [0.25, 0.3) is 0 Å². The van der Waals surface area contributed by atoms with Crippen LogP contribution in [0, 0.1) is 11.3 Å². The standard InChI is InChI=1S/C23H20N4O2/c24-15-17-11-13-20(14-12-17)26-23(25-16-21(28)29)27-22(18-7-3-1-4-8-18)19-9-5-2-6-10-19/h1-14,22H,16H2,(H,28,29)(H2,25,26,27). The van der Waals surface area contributed by atoms with Gasteiger partial charge in [0.15, 0.2) is 5.96 Å². The number of nitriles is 1. The number of hydrogen-bond donors (Lipinski definition) is 3. The average molecular weight is 384 g/mol. The monoisotopic (exact) mass is 384 g/mol. The number of benzene rings is 3. The molecule has 0 fully saturated rings. The molecule has 0 aliphatic carbocycles. The van der Waals surface area contributed by atoms with E-state index < -0.39 is 5.97 Å². The molecule has 0 saturated heterocycles. The molecule has 0 unspecified atom stereocenters. The van der Waals surface area contributed by atoms with Crippen molar-refractivity contribution in [1.29, 1.82) is 5.26 Å². The Morgan fingerprint density at radius 3 is 1.97 bits per heavy atom. The number of rotatable bonds is 6. The number of guanidine groups is 1. The summed E-state index contributed by atoms with van der Waals surface area (Å²) in [6.07, 6.45) is 0. The molecule has 6 nitrogen and oxygen atoms in total. The molecule has 3 aromatic carbocycles. The van der Waals surface area contributed by atoms with E-state index in [0.717, 1.165) is 11.1 Å². The average Bonchev–Trinajstić information content (AvgIpc) is 2.77. The summed E-state index contributed by atoms with van der Waals surface area (Å²) in [5.41, 5.74) is 3.27. The van der Waals surface area contributed by atoms with Crippen LogP contribution >= 0.6 is 0 Å². The molecule has 3 rings (SSSR count). The molecule has 144 valence electrons. The first-order valence-electron chi connectivity index (χ1n) is 9.05. The predicted octanol–water partition coefficient (Wildman–Crippen LogP) is 3.79. The van der Waals surface area contributed by atoms with Crippen molar-refractivity contribution in [1.82, 2.24) is 5.32 Å². The van der Waals surface area contributed by atoms with E-state index >= 15 is 0 Å². The van der Waals surface area contributed by atoms with Gasteiger partial charge in [0.2, 0.25) is 0 Å². The first kappa shape index (κ1) is 19.6. The fourth-order valence-electron chi connectivity index (χ4n) is 2.82. The van der Waals surface area contributed by atoms with E-state index in [0.29, 0.717) is 17.2 Å². The number of carboxylic acids is 1. The fourth-order valence-corrected chi connectivity index (χ4v) is 2.82. The van der Waals surface area contributed by atoms with E-state index in [2.05, 4.69) is 21.7 Å². The maximum atomic E-state index is 11.1. The molecule has 0 aliphatic heterocycles. The van der Waals surface area contributed by atoms with E-state index in [9.17, 15) is 4.79 Å². The highest BCUT2D eigenvalue weighted by atomic mass is 16.4. The third-order valence-electron chi connectivity index (χ3n) is 4.20. The lowest BCUT2D eigenvalue weighted by atomic mass is 9.99. The van der Waals surface area contributed by atoms with Crippen molar-refractivity contribution in [3.8, 4) is 6.07 Å². The Kier molecular flexibility index (Phi) is 6.58. The van der Waals surface area contributed by atoms with E-state index in [1.165, 1.54) is 0 Å². The van der Waals surface area contributed by atoms with Gasteiger partial charge in [0, 0.05) is 5.69 Å². The molecule has 0 amide bonds. The summed E-state index contributed by atoms with van der Waals surface area (Å²) in [5.74, 6) is -0.697. The molecule has 0 spiro atoms. The second-order valence-electron chi connectivity index (χ2n) is 6.27. The van der Waals surface area contributed by atoms with E-state index in [-0.39, 0.29) is 12.6 Å². The molecule has 0 bridgehead atoms. The van der Waals surface area contributed by atoms with Crippen molar-refractivity contribution in [2.45, 2.75) is 6.04 Å². The Bertz CT molecular complexity index is 971. The van der Waals surface area contributed by atoms with Crippen LogP contribution in [0.5, 0.6) is 0 Å².